The van der Waals surface area contributed by atoms with E-state index in [0.717, 1.165) is 52.4 Å². The van der Waals surface area contributed by atoms with Crippen LogP contribution in [-0.4, -0.2) is 10.4 Å². The highest BCUT2D eigenvalue weighted by atomic mass is 35.5. The van der Waals surface area contributed by atoms with Crippen molar-refractivity contribution in [2.45, 2.75) is 33.1 Å². The molecule has 0 aliphatic heterocycles. The Hall–Kier alpha value is -3.36. The number of pyridine rings is 1. The fourth-order valence-corrected chi connectivity index (χ4v) is 5.14. The van der Waals surface area contributed by atoms with Crippen LogP contribution in [0.15, 0.2) is 89.7 Å². The predicted molar refractivity (Wildman–Crippen MR) is 146 cm³/mol. The lowest BCUT2D eigenvalue weighted by molar-refractivity contribution is 0.797. The molecule has 0 aliphatic carbocycles. The molecular weight excluding hydrogens is 438 g/mol. The predicted octanol–water partition coefficient (Wildman–Crippen LogP) is 7.99. The van der Waals surface area contributed by atoms with Gasteiger partial charge < -0.3 is 0 Å². The highest BCUT2D eigenvalue weighted by Gasteiger charge is 2.21. The van der Waals surface area contributed by atoms with Crippen molar-refractivity contribution >= 4 is 33.1 Å². The fourth-order valence-electron chi connectivity index (χ4n) is 4.95. The lowest BCUT2D eigenvalue weighted by atomic mass is 9.91. The molecule has 1 heterocycles. The van der Waals surface area contributed by atoms with Crippen LogP contribution in [0, 0.1) is 13.8 Å². The smallest absolute Gasteiger partial charge is 0.263 e. The summed E-state index contributed by atoms with van der Waals surface area (Å²) in [5.41, 5.74) is 6.58. The Balaban J connectivity index is 1.95. The zero-order chi connectivity index (χ0) is 23.7. The molecule has 0 N–H and O–H groups in total. The maximum atomic E-state index is 14.0. The molecule has 3 heteroatoms. The number of aromatic nitrogens is 1. The molecule has 0 aliphatic rings. The summed E-state index contributed by atoms with van der Waals surface area (Å²) >= 11 is 6.05. The normalized spacial score (nSPS) is 11.4. The van der Waals surface area contributed by atoms with Crippen LogP contribution in [0.25, 0.3) is 38.5 Å². The number of alkyl halides is 1. The lowest BCUT2D eigenvalue weighted by Gasteiger charge is -2.22. The van der Waals surface area contributed by atoms with Gasteiger partial charge in [-0.3, -0.25) is 9.36 Å². The largest absolute Gasteiger partial charge is 0.276 e. The van der Waals surface area contributed by atoms with Crippen molar-refractivity contribution in [2.24, 2.45) is 0 Å². The van der Waals surface area contributed by atoms with Crippen LogP contribution < -0.4 is 5.56 Å². The molecule has 5 rings (SSSR count). The van der Waals surface area contributed by atoms with Crippen LogP contribution >= 0.6 is 11.6 Å². The molecule has 0 amide bonds. The van der Waals surface area contributed by atoms with Crippen LogP contribution in [0.4, 0.5) is 0 Å². The monoisotopic (exact) mass is 465 g/mol. The standard InChI is InChI=1S/C31H28ClNO/c1-21-14-17-23(18-15-21)33-30(28-19-16-22(2)24-9-3-4-10-25(24)28)27(12-7-8-20-32)26-11-5-6-13-29(26)31(33)34/h3-6,9-11,13-19H,7-8,12,20H2,1-2H3. The number of hydrogen-bond donors (Lipinski definition) is 0. The topological polar surface area (TPSA) is 22.0 Å². The second kappa shape index (κ2) is 9.48. The molecule has 0 unspecified atom stereocenters. The van der Waals surface area contributed by atoms with Gasteiger partial charge in [-0.15, -0.1) is 11.6 Å². The lowest BCUT2D eigenvalue weighted by Crippen LogP contribution is -2.22. The zero-order valence-electron chi connectivity index (χ0n) is 19.6. The number of rotatable bonds is 6. The quantitative estimate of drug-likeness (QED) is 0.184. The summed E-state index contributed by atoms with van der Waals surface area (Å²) in [7, 11) is 0. The van der Waals surface area contributed by atoms with Crippen LogP contribution in [0.2, 0.25) is 0 Å². The van der Waals surface area contributed by atoms with E-state index in [1.54, 1.807) is 0 Å². The van der Waals surface area contributed by atoms with E-state index in [9.17, 15) is 4.79 Å². The average molecular weight is 466 g/mol. The molecule has 0 spiro atoms. The Kier molecular flexibility index (Phi) is 6.26. The summed E-state index contributed by atoms with van der Waals surface area (Å²) < 4.78 is 1.93. The molecule has 2 nitrogen and oxygen atoms in total. The van der Waals surface area contributed by atoms with Crippen molar-refractivity contribution in [3.8, 4) is 16.9 Å². The van der Waals surface area contributed by atoms with E-state index >= 15 is 0 Å². The van der Waals surface area contributed by atoms with Gasteiger partial charge in [-0.2, -0.15) is 0 Å². The third kappa shape index (κ3) is 3.93. The van der Waals surface area contributed by atoms with Gasteiger partial charge in [-0.25, -0.2) is 0 Å². The third-order valence-electron chi connectivity index (χ3n) is 6.69. The van der Waals surface area contributed by atoms with Gasteiger partial charge in [0, 0.05) is 22.5 Å². The van der Waals surface area contributed by atoms with Crippen molar-refractivity contribution in [1.82, 2.24) is 4.57 Å². The van der Waals surface area contributed by atoms with Crippen molar-refractivity contribution in [1.29, 1.82) is 0 Å². The van der Waals surface area contributed by atoms with Crippen LogP contribution in [-0.2, 0) is 6.42 Å². The zero-order valence-corrected chi connectivity index (χ0v) is 20.4. The number of nitrogens with zero attached hydrogens (tertiary/aromatic N) is 1. The molecule has 0 fully saturated rings. The third-order valence-corrected chi connectivity index (χ3v) is 6.96. The van der Waals surface area contributed by atoms with Gasteiger partial charge in [0.15, 0.2) is 0 Å². The van der Waals surface area contributed by atoms with E-state index in [2.05, 4.69) is 68.4 Å². The van der Waals surface area contributed by atoms with Crippen molar-refractivity contribution in [3.63, 3.8) is 0 Å². The fraction of sp³-hybridized carbons (Fsp3) is 0.194. The first-order valence-corrected chi connectivity index (χ1v) is 12.4. The Bertz CT molecular complexity index is 1550. The molecule has 34 heavy (non-hydrogen) atoms. The highest BCUT2D eigenvalue weighted by molar-refractivity contribution is 6.17. The van der Waals surface area contributed by atoms with Gasteiger partial charge in [-0.05, 0) is 78.6 Å². The Labute approximate surface area is 205 Å². The number of benzene rings is 4. The summed E-state index contributed by atoms with van der Waals surface area (Å²) in [6.07, 6.45) is 2.76. The average Bonchev–Trinajstić information content (AvgIpc) is 2.87. The number of hydrogen-bond acceptors (Lipinski definition) is 1. The maximum Gasteiger partial charge on any atom is 0.263 e. The molecular formula is C31H28ClNO. The first-order valence-electron chi connectivity index (χ1n) is 11.9. The molecule has 0 radical (unpaired) electrons. The Morgan fingerprint density at radius 1 is 0.706 bits per heavy atom. The molecule has 0 saturated carbocycles. The minimum absolute atomic E-state index is 0.0141. The van der Waals surface area contributed by atoms with E-state index in [1.165, 1.54) is 22.1 Å². The number of halogens is 1. The summed E-state index contributed by atoms with van der Waals surface area (Å²) in [6, 6.07) is 29.1. The summed E-state index contributed by atoms with van der Waals surface area (Å²) in [5, 5.41) is 4.16. The first kappa shape index (κ1) is 22.4. The van der Waals surface area contributed by atoms with E-state index in [1.807, 2.05) is 34.9 Å². The minimum atomic E-state index is 0.0141. The highest BCUT2D eigenvalue weighted by Crippen LogP contribution is 2.37. The Morgan fingerprint density at radius 2 is 1.35 bits per heavy atom. The van der Waals surface area contributed by atoms with Gasteiger partial charge >= 0.3 is 0 Å². The van der Waals surface area contributed by atoms with Gasteiger partial charge in [0.25, 0.3) is 5.56 Å². The Morgan fingerprint density at radius 3 is 2.06 bits per heavy atom. The second-order valence-electron chi connectivity index (χ2n) is 8.97. The molecule has 4 aromatic carbocycles. The van der Waals surface area contributed by atoms with E-state index < -0.39 is 0 Å². The van der Waals surface area contributed by atoms with Gasteiger partial charge in [0.05, 0.1) is 5.69 Å². The SMILES string of the molecule is Cc1ccc(-n2c(-c3ccc(C)c4ccccc34)c(CCCCCl)c3ccccc3c2=O)cc1. The first-order chi connectivity index (χ1) is 16.6. The van der Waals surface area contributed by atoms with Gasteiger partial charge in [-0.1, -0.05) is 72.3 Å². The van der Waals surface area contributed by atoms with Crippen molar-refractivity contribution < 1.29 is 0 Å². The van der Waals surface area contributed by atoms with Crippen LogP contribution in [0.3, 0.4) is 0 Å². The molecule has 0 atom stereocenters. The number of fused-ring (bicyclic) bond motifs is 2. The van der Waals surface area contributed by atoms with Crippen molar-refractivity contribution in [3.05, 3.63) is 112 Å². The van der Waals surface area contributed by atoms with E-state index in [-0.39, 0.29) is 5.56 Å². The number of unbranched alkanes of at least 4 members (excludes halogenated alkanes) is 1. The molecule has 5 aromatic rings. The minimum Gasteiger partial charge on any atom is -0.276 e. The second-order valence-corrected chi connectivity index (χ2v) is 9.35. The number of aryl methyl sites for hydroxylation is 3. The molecule has 170 valence electrons. The molecule has 1 aromatic heterocycles. The molecule has 0 saturated heterocycles. The molecule has 0 bridgehead atoms. The summed E-state index contributed by atoms with van der Waals surface area (Å²) in [6.45, 7) is 4.21. The summed E-state index contributed by atoms with van der Waals surface area (Å²) in [4.78, 5) is 14.0. The van der Waals surface area contributed by atoms with Crippen molar-refractivity contribution in [2.75, 3.05) is 5.88 Å². The van der Waals surface area contributed by atoms with Crippen LogP contribution in [0.1, 0.15) is 29.5 Å². The van der Waals surface area contributed by atoms with E-state index in [4.69, 9.17) is 11.6 Å². The van der Waals surface area contributed by atoms with Crippen LogP contribution in [0.5, 0.6) is 0 Å². The van der Waals surface area contributed by atoms with E-state index in [0.29, 0.717) is 5.88 Å². The maximum absolute atomic E-state index is 14.0. The summed E-state index contributed by atoms with van der Waals surface area (Å²) in [5.74, 6) is 0.637. The van der Waals surface area contributed by atoms with Gasteiger partial charge in [0.1, 0.15) is 0 Å². The van der Waals surface area contributed by atoms with Gasteiger partial charge in [0.2, 0.25) is 0 Å².